The smallest absolute Gasteiger partial charge is 0.346 e. The number of anilines is 1. The van der Waals surface area contributed by atoms with Crippen molar-refractivity contribution in [2.45, 2.75) is 20.3 Å². The molecule has 0 atom stereocenters. The van der Waals surface area contributed by atoms with Crippen LogP contribution in [0.4, 0.5) is 5.69 Å². The molecule has 0 saturated carbocycles. The van der Waals surface area contributed by atoms with Crippen molar-refractivity contribution in [3.05, 3.63) is 64.5 Å². The predicted molar refractivity (Wildman–Crippen MR) is 91.6 cm³/mol. The highest BCUT2D eigenvalue weighted by molar-refractivity contribution is 6.02. The summed E-state index contributed by atoms with van der Waals surface area (Å²) in [7, 11) is 0. The average molecular weight is 307 g/mol. The molecule has 1 heterocycles. The zero-order valence-electron chi connectivity index (χ0n) is 13.1. The molecule has 1 aromatic heterocycles. The van der Waals surface area contributed by atoms with E-state index in [1.165, 1.54) is 6.92 Å². The fourth-order valence-electron chi connectivity index (χ4n) is 2.82. The Kier molecular flexibility index (Phi) is 3.98. The molecule has 0 bridgehead atoms. The van der Waals surface area contributed by atoms with Crippen molar-refractivity contribution in [1.82, 2.24) is 0 Å². The van der Waals surface area contributed by atoms with Crippen molar-refractivity contribution < 1.29 is 9.21 Å². The minimum Gasteiger partial charge on any atom is -0.422 e. The summed E-state index contributed by atoms with van der Waals surface area (Å²) < 4.78 is 5.61. The Morgan fingerprint density at radius 1 is 1.09 bits per heavy atom. The molecule has 0 saturated heterocycles. The summed E-state index contributed by atoms with van der Waals surface area (Å²) in [5.74, 6) is 0.368. The normalized spacial score (nSPS) is 10.7. The molecule has 0 spiro atoms. The summed E-state index contributed by atoms with van der Waals surface area (Å²) in [4.78, 5) is 23.9. The van der Waals surface area contributed by atoms with Gasteiger partial charge in [0, 0.05) is 18.1 Å². The molecule has 0 radical (unpaired) electrons. The van der Waals surface area contributed by atoms with Gasteiger partial charge < -0.3 is 9.73 Å². The Labute approximate surface area is 133 Å². The second-order valence-electron chi connectivity index (χ2n) is 5.33. The lowest BCUT2D eigenvalue weighted by Gasteiger charge is -2.12. The predicted octanol–water partition coefficient (Wildman–Crippen LogP) is 3.98. The van der Waals surface area contributed by atoms with Crippen molar-refractivity contribution >= 4 is 22.4 Å². The molecular weight excluding hydrogens is 290 g/mol. The first-order valence-electron chi connectivity index (χ1n) is 7.53. The Morgan fingerprint density at radius 2 is 1.83 bits per heavy atom. The molecule has 1 N–H and O–H groups in total. The highest BCUT2D eigenvalue weighted by Gasteiger charge is 2.16. The number of nitrogens with one attached hydrogen (secondary N) is 1. The SMILES string of the molecule is CCc1c(-c2ccccc2)oc(=O)c2c(NC(C)=O)cccc12. The van der Waals surface area contributed by atoms with Crippen molar-refractivity contribution in [2.75, 3.05) is 5.32 Å². The van der Waals surface area contributed by atoms with Crippen molar-refractivity contribution in [2.24, 2.45) is 0 Å². The number of hydrogen-bond acceptors (Lipinski definition) is 3. The van der Waals surface area contributed by atoms with Crippen LogP contribution < -0.4 is 10.9 Å². The van der Waals surface area contributed by atoms with Crippen molar-refractivity contribution in [3.8, 4) is 11.3 Å². The largest absolute Gasteiger partial charge is 0.422 e. The van der Waals surface area contributed by atoms with Gasteiger partial charge in [-0.3, -0.25) is 4.79 Å². The molecule has 3 aromatic rings. The van der Waals surface area contributed by atoms with Crippen LogP contribution in [0.15, 0.2) is 57.7 Å². The van der Waals surface area contributed by atoms with Gasteiger partial charge in [-0.2, -0.15) is 0 Å². The van der Waals surface area contributed by atoms with E-state index < -0.39 is 5.63 Å². The molecule has 4 heteroatoms. The molecule has 0 aliphatic heterocycles. The van der Waals surface area contributed by atoms with Gasteiger partial charge in [-0.05, 0) is 17.9 Å². The number of hydrogen-bond donors (Lipinski definition) is 1. The van der Waals surface area contributed by atoms with E-state index in [-0.39, 0.29) is 5.91 Å². The molecule has 3 rings (SSSR count). The van der Waals surface area contributed by atoms with Gasteiger partial charge >= 0.3 is 5.63 Å². The van der Waals surface area contributed by atoms with E-state index in [1.54, 1.807) is 6.07 Å². The molecule has 0 unspecified atom stereocenters. The van der Waals surface area contributed by atoms with Crippen LogP contribution in [0.5, 0.6) is 0 Å². The van der Waals surface area contributed by atoms with Crippen LogP contribution in [-0.2, 0) is 11.2 Å². The van der Waals surface area contributed by atoms with Crippen LogP contribution in [0.2, 0.25) is 0 Å². The molecule has 0 aliphatic rings. The van der Waals surface area contributed by atoms with E-state index in [2.05, 4.69) is 5.32 Å². The number of aryl methyl sites for hydroxylation is 1. The quantitative estimate of drug-likeness (QED) is 0.796. The lowest BCUT2D eigenvalue weighted by Crippen LogP contribution is -2.11. The molecule has 1 amide bonds. The minimum atomic E-state index is -0.444. The summed E-state index contributed by atoms with van der Waals surface area (Å²) in [6, 6.07) is 15.0. The van der Waals surface area contributed by atoms with Gasteiger partial charge in [0.15, 0.2) is 0 Å². The Bertz CT molecular complexity index is 926. The molecule has 4 nitrogen and oxygen atoms in total. The lowest BCUT2D eigenvalue weighted by molar-refractivity contribution is -0.114. The third-order valence-corrected chi connectivity index (χ3v) is 3.76. The van der Waals surface area contributed by atoms with Crippen LogP contribution in [-0.4, -0.2) is 5.91 Å². The van der Waals surface area contributed by atoms with E-state index in [0.29, 0.717) is 23.3 Å². The van der Waals surface area contributed by atoms with Crippen molar-refractivity contribution in [1.29, 1.82) is 0 Å². The summed E-state index contributed by atoms with van der Waals surface area (Å²) in [6.07, 6.45) is 0.716. The van der Waals surface area contributed by atoms with Gasteiger partial charge in [0.1, 0.15) is 5.76 Å². The van der Waals surface area contributed by atoms with E-state index in [1.807, 2.05) is 49.4 Å². The van der Waals surface area contributed by atoms with E-state index in [4.69, 9.17) is 4.42 Å². The first kappa shape index (κ1) is 15.0. The number of carbonyl (C=O) groups excluding carboxylic acids is 1. The molecule has 23 heavy (non-hydrogen) atoms. The number of fused-ring (bicyclic) bond motifs is 1. The maximum atomic E-state index is 12.5. The summed E-state index contributed by atoms with van der Waals surface area (Å²) in [5, 5.41) is 3.93. The number of benzene rings is 2. The molecule has 0 fully saturated rings. The van der Waals surface area contributed by atoms with Crippen LogP contribution in [0.1, 0.15) is 19.4 Å². The monoisotopic (exact) mass is 307 g/mol. The zero-order valence-corrected chi connectivity index (χ0v) is 13.1. The topological polar surface area (TPSA) is 59.3 Å². The Hall–Kier alpha value is -2.88. The number of carbonyl (C=O) groups is 1. The maximum Gasteiger partial charge on any atom is 0.346 e. The van der Waals surface area contributed by atoms with Crippen molar-refractivity contribution in [3.63, 3.8) is 0 Å². The molecule has 116 valence electrons. The second kappa shape index (κ2) is 6.08. The number of amides is 1. The van der Waals surface area contributed by atoms with E-state index in [0.717, 1.165) is 16.5 Å². The third-order valence-electron chi connectivity index (χ3n) is 3.76. The summed E-state index contributed by atoms with van der Waals surface area (Å²) in [6.45, 7) is 3.44. The highest BCUT2D eigenvalue weighted by atomic mass is 16.4. The molecule has 2 aromatic carbocycles. The molecule has 0 aliphatic carbocycles. The van der Waals surface area contributed by atoms with Gasteiger partial charge in [-0.25, -0.2) is 4.79 Å². The lowest BCUT2D eigenvalue weighted by atomic mass is 9.99. The van der Waals surface area contributed by atoms with Crippen LogP contribution in [0, 0.1) is 0 Å². The second-order valence-corrected chi connectivity index (χ2v) is 5.33. The van der Waals surface area contributed by atoms with Gasteiger partial charge in [0.05, 0.1) is 11.1 Å². The van der Waals surface area contributed by atoms with E-state index >= 15 is 0 Å². The maximum absolute atomic E-state index is 12.5. The average Bonchev–Trinajstić information content (AvgIpc) is 2.55. The van der Waals surface area contributed by atoms with Gasteiger partial charge in [-0.1, -0.05) is 49.4 Å². The summed E-state index contributed by atoms with van der Waals surface area (Å²) in [5.41, 5.74) is 1.87. The first-order valence-corrected chi connectivity index (χ1v) is 7.53. The fourth-order valence-corrected chi connectivity index (χ4v) is 2.82. The highest BCUT2D eigenvalue weighted by Crippen LogP contribution is 2.31. The molecular formula is C19H17NO3. The number of rotatable bonds is 3. The standard InChI is InChI=1S/C19H17NO3/c1-3-14-15-10-7-11-16(20-12(2)21)17(15)19(22)23-18(14)13-8-5-4-6-9-13/h4-11H,3H2,1-2H3,(H,20,21). The Morgan fingerprint density at radius 3 is 2.48 bits per heavy atom. The van der Waals surface area contributed by atoms with Crippen LogP contribution in [0.3, 0.4) is 0 Å². The van der Waals surface area contributed by atoms with E-state index in [9.17, 15) is 9.59 Å². The first-order chi connectivity index (χ1) is 11.1. The summed E-state index contributed by atoms with van der Waals surface area (Å²) >= 11 is 0. The van der Waals surface area contributed by atoms with Gasteiger partial charge in [0.25, 0.3) is 0 Å². The van der Waals surface area contributed by atoms with Crippen LogP contribution in [0.25, 0.3) is 22.1 Å². The van der Waals surface area contributed by atoms with Crippen LogP contribution >= 0.6 is 0 Å². The minimum absolute atomic E-state index is 0.220. The third kappa shape index (κ3) is 2.75. The zero-order chi connectivity index (χ0) is 16.4. The van der Waals surface area contributed by atoms with Gasteiger partial charge in [0.2, 0.25) is 5.91 Å². The Balaban J connectivity index is 2.35. The fraction of sp³-hybridized carbons (Fsp3) is 0.158. The van der Waals surface area contributed by atoms with Gasteiger partial charge in [-0.15, -0.1) is 0 Å².